The molecule has 0 amide bonds. The Bertz CT molecular complexity index is 477. The van der Waals surface area contributed by atoms with E-state index in [1.54, 1.807) is 7.11 Å². The van der Waals surface area contributed by atoms with Crippen molar-refractivity contribution in [3.05, 3.63) is 40.4 Å². The molecular formula is C12H11BrO. The second-order valence-electron chi connectivity index (χ2n) is 3.26. The zero-order chi connectivity index (χ0) is 10.1. The lowest BCUT2D eigenvalue weighted by molar-refractivity contribution is 0.412. The molecule has 72 valence electrons. The van der Waals surface area contributed by atoms with E-state index >= 15 is 0 Å². The monoisotopic (exact) mass is 250 g/mol. The van der Waals surface area contributed by atoms with Crippen molar-refractivity contribution in [2.45, 2.75) is 6.92 Å². The van der Waals surface area contributed by atoms with Crippen molar-refractivity contribution < 1.29 is 4.74 Å². The van der Waals surface area contributed by atoms with E-state index in [1.165, 1.54) is 16.3 Å². The van der Waals surface area contributed by atoms with Gasteiger partial charge in [-0.25, -0.2) is 0 Å². The molecule has 2 rings (SSSR count). The molecule has 0 bridgehead atoms. The Hall–Kier alpha value is -1.02. The number of aryl methyl sites for hydroxylation is 1. The van der Waals surface area contributed by atoms with Crippen LogP contribution in [0, 0.1) is 6.92 Å². The first kappa shape index (κ1) is 9.53. The summed E-state index contributed by atoms with van der Waals surface area (Å²) in [5, 5.41) is 2.48. The highest BCUT2D eigenvalue weighted by Crippen LogP contribution is 2.28. The van der Waals surface area contributed by atoms with E-state index in [2.05, 4.69) is 47.1 Å². The SMILES string of the molecule is COc1ccc2cc(Br)ccc2c1C. The van der Waals surface area contributed by atoms with Gasteiger partial charge in [-0.15, -0.1) is 0 Å². The van der Waals surface area contributed by atoms with Crippen LogP contribution in [0.4, 0.5) is 0 Å². The molecule has 0 atom stereocenters. The van der Waals surface area contributed by atoms with E-state index in [4.69, 9.17) is 4.74 Å². The average Bonchev–Trinajstić information content (AvgIpc) is 2.18. The molecule has 0 aliphatic heterocycles. The molecule has 0 saturated heterocycles. The van der Waals surface area contributed by atoms with Crippen molar-refractivity contribution in [2.75, 3.05) is 7.11 Å². The van der Waals surface area contributed by atoms with Gasteiger partial charge < -0.3 is 4.74 Å². The highest BCUT2D eigenvalue weighted by Gasteiger charge is 2.03. The topological polar surface area (TPSA) is 9.23 Å². The number of ether oxygens (including phenoxy) is 1. The van der Waals surface area contributed by atoms with E-state index < -0.39 is 0 Å². The minimum absolute atomic E-state index is 0.944. The van der Waals surface area contributed by atoms with Gasteiger partial charge in [-0.05, 0) is 41.5 Å². The molecule has 0 saturated carbocycles. The number of hydrogen-bond acceptors (Lipinski definition) is 1. The smallest absolute Gasteiger partial charge is 0.122 e. The maximum absolute atomic E-state index is 5.27. The zero-order valence-corrected chi connectivity index (χ0v) is 9.76. The molecule has 14 heavy (non-hydrogen) atoms. The maximum atomic E-state index is 5.27. The third-order valence-electron chi connectivity index (χ3n) is 2.42. The molecule has 0 radical (unpaired) electrons. The quantitative estimate of drug-likeness (QED) is 0.746. The van der Waals surface area contributed by atoms with Crippen LogP contribution in [0.3, 0.4) is 0 Å². The largest absolute Gasteiger partial charge is 0.496 e. The van der Waals surface area contributed by atoms with Crippen LogP contribution in [-0.4, -0.2) is 7.11 Å². The Morgan fingerprint density at radius 2 is 1.93 bits per heavy atom. The molecule has 0 fully saturated rings. The van der Waals surface area contributed by atoms with Gasteiger partial charge in [0.05, 0.1) is 7.11 Å². The Morgan fingerprint density at radius 3 is 2.64 bits per heavy atom. The minimum atomic E-state index is 0.944. The van der Waals surface area contributed by atoms with Gasteiger partial charge in [0, 0.05) is 4.47 Å². The van der Waals surface area contributed by atoms with Crippen molar-refractivity contribution in [2.24, 2.45) is 0 Å². The van der Waals surface area contributed by atoms with Gasteiger partial charge in [-0.1, -0.05) is 28.1 Å². The van der Waals surface area contributed by atoms with Gasteiger partial charge >= 0.3 is 0 Å². The Morgan fingerprint density at radius 1 is 1.14 bits per heavy atom. The van der Waals surface area contributed by atoms with Gasteiger partial charge in [0.15, 0.2) is 0 Å². The van der Waals surface area contributed by atoms with E-state index in [-0.39, 0.29) is 0 Å². The van der Waals surface area contributed by atoms with Gasteiger partial charge in [0.2, 0.25) is 0 Å². The predicted molar refractivity (Wildman–Crippen MR) is 62.9 cm³/mol. The third kappa shape index (κ3) is 1.50. The van der Waals surface area contributed by atoms with Gasteiger partial charge in [0.25, 0.3) is 0 Å². The molecule has 2 heteroatoms. The van der Waals surface area contributed by atoms with E-state index in [9.17, 15) is 0 Å². The van der Waals surface area contributed by atoms with Crippen LogP contribution in [0.15, 0.2) is 34.8 Å². The number of rotatable bonds is 1. The number of fused-ring (bicyclic) bond motifs is 1. The van der Waals surface area contributed by atoms with Gasteiger partial charge in [-0.2, -0.15) is 0 Å². The summed E-state index contributed by atoms with van der Waals surface area (Å²) in [7, 11) is 1.70. The summed E-state index contributed by atoms with van der Waals surface area (Å²) >= 11 is 3.46. The fourth-order valence-electron chi connectivity index (χ4n) is 1.66. The normalized spacial score (nSPS) is 10.5. The molecule has 0 aliphatic carbocycles. The van der Waals surface area contributed by atoms with E-state index in [1.807, 2.05) is 6.07 Å². The molecule has 0 unspecified atom stereocenters. The number of methoxy groups -OCH3 is 1. The van der Waals surface area contributed by atoms with Crippen LogP contribution in [-0.2, 0) is 0 Å². The lowest BCUT2D eigenvalue weighted by Gasteiger charge is -2.08. The number of hydrogen-bond donors (Lipinski definition) is 0. The highest BCUT2D eigenvalue weighted by atomic mass is 79.9. The van der Waals surface area contributed by atoms with Crippen LogP contribution < -0.4 is 4.74 Å². The van der Waals surface area contributed by atoms with Crippen molar-refractivity contribution in [3.63, 3.8) is 0 Å². The Labute approximate surface area is 91.8 Å². The molecule has 1 nitrogen and oxygen atoms in total. The summed E-state index contributed by atoms with van der Waals surface area (Å²) in [6, 6.07) is 10.4. The Balaban J connectivity index is 2.77. The Kier molecular flexibility index (Phi) is 2.46. The second-order valence-corrected chi connectivity index (χ2v) is 4.17. The molecular weight excluding hydrogens is 240 g/mol. The molecule has 0 N–H and O–H groups in total. The summed E-state index contributed by atoms with van der Waals surface area (Å²) in [6.07, 6.45) is 0. The molecule has 0 aliphatic rings. The maximum Gasteiger partial charge on any atom is 0.122 e. The first-order valence-corrected chi connectivity index (χ1v) is 5.24. The summed E-state index contributed by atoms with van der Waals surface area (Å²) in [5.41, 5.74) is 1.19. The van der Waals surface area contributed by atoms with Crippen LogP contribution in [0.25, 0.3) is 10.8 Å². The van der Waals surface area contributed by atoms with Crippen LogP contribution in [0.5, 0.6) is 5.75 Å². The predicted octanol–water partition coefficient (Wildman–Crippen LogP) is 3.92. The average molecular weight is 251 g/mol. The lowest BCUT2D eigenvalue weighted by atomic mass is 10.1. The number of halogens is 1. The van der Waals surface area contributed by atoms with Crippen molar-refractivity contribution >= 4 is 26.7 Å². The van der Waals surface area contributed by atoms with Crippen LogP contribution >= 0.6 is 15.9 Å². The molecule has 2 aromatic carbocycles. The van der Waals surface area contributed by atoms with Gasteiger partial charge in [-0.3, -0.25) is 0 Å². The van der Waals surface area contributed by atoms with Gasteiger partial charge in [0.1, 0.15) is 5.75 Å². The lowest BCUT2D eigenvalue weighted by Crippen LogP contribution is -1.87. The molecule has 0 heterocycles. The van der Waals surface area contributed by atoms with E-state index in [0.717, 1.165) is 10.2 Å². The molecule has 2 aromatic rings. The van der Waals surface area contributed by atoms with Crippen LogP contribution in [0.2, 0.25) is 0 Å². The summed E-state index contributed by atoms with van der Waals surface area (Å²) in [5.74, 6) is 0.944. The van der Waals surface area contributed by atoms with Crippen molar-refractivity contribution in [1.82, 2.24) is 0 Å². The standard InChI is InChI=1S/C12H11BrO/c1-8-11-5-4-10(13)7-9(11)3-6-12(8)14-2/h3-7H,1-2H3. The first-order valence-electron chi connectivity index (χ1n) is 4.45. The van der Waals surface area contributed by atoms with Crippen LogP contribution in [0.1, 0.15) is 5.56 Å². The molecule has 0 aromatic heterocycles. The van der Waals surface area contributed by atoms with E-state index in [0.29, 0.717) is 0 Å². The second kappa shape index (κ2) is 3.62. The zero-order valence-electron chi connectivity index (χ0n) is 8.17. The first-order chi connectivity index (χ1) is 6.72. The summed E-state index contributed by atoms with van der Waals surface area (Å²) in [4.78, 5) is 0. The summed E-state index contributed by atoms with van der Waals surface area (Å²) in [6.45, 7) is 2.08. The summed E-state index contributed by atoms with van der Waals surface area (Å²) < 4.78 is 6.38. The minimum Gasteiger partial charge on any atom is -0.496 e. The fraction of sp³-hybridized carbons (Fsp3) is 0.167. The third-order valence-corrected chi connectivity index (χ3v) is 2.91. The molecule has 0 spiro atoms. The van der Waals surface area contributed by atoms with Crippen molar-refractivity contribution in [3.8, 4) is 5.75 Å². The number of benzene rings is 2. The highest BCUT2D eigenvalue weighted by molar-refractivity contribution is 9.10. The fourth-order valence-corrected chi connectivity index (χ4v) is 2.04. The van der Waals surface area contributed by atoms with Crippen molar-refractivity contribution in [1.29, 1.82) is 0 Å².